The van der Waals surface area contributed by atoms with Crippen LogP contribution in [0.2, 0.25) is 0 Å². The molecule has 4 rings (SSSR count). The van der Waals surface area contributed by atoms with Crippen molar-refractivity contribution >= 4 is 5.91 Å². The number of hydrogen-bond donors (Lipinski definition) is 1. The Hall–Kier alpha value is -3.21. The molecular weight excluding hydrogens is 355 g/mol. The standard InChI is InChI=1S/C23H21FN2O2/c24-18-9-11-19(12-10-18)28-22-13-8-16(14-25-22)15-26-23(27)21-7-3-5-17-4-1-2-6-20(17)21/h1-2,4,6,8-14,21H,3,5,7,15H2,(H,26,27). The lowest BCUT2D eigenvalue weighted by Crippen LogP contribution is -2.31. The number of benzene rings is 2. The van der Waals surface area contributed by atoms with E-state index in [0.29, 0.717) is 18.2 Å². The van der Waals surface area contributed by atoms with Crippen LogP contribution in [-0.4, -0.2) is 10.9 Å². The fraction of sp³-hybridized carbons (Fsp3) is 0.217. The van der Waals surface area contributed by atoms with Crippen molar-refractivity contribution in [1.29, 1.82) is 0 Å². The van der Waals surface area contributed by atoms with Gasteiger partial charge in [-0.15, -0.1) is 0 Å². The molecule has 0 fully saturated rings. The zero-order valence-corrected chi connectivity index (χ0v) is 15.4. The molecule has 2 aromatic carbocycles. The monoisotopic (exact) mass is 376 g/mol. The van der Waals surface area contributed by atoms with Crippen LogP contribution in [0, 0.1) is 5.82 Å². The molecule has 3 aromatic rings. The summed E-state index contributed by atoms with van der Waals surface area (Å²) in [5.41, 5.74) is 3.31. The second-order valence-electron chi connectivity index (χ2n) is 6.92. The summed E-state index contributed by atoms with van der Waals surface area (Å²) in [6, 6.07) is 17.6. The number of carbonyl (C=O) groups excluding carboxylic acids is 1. The first-order valence-electron chi connectivity index (χ1n) is 9.43. The number of aromatic nitrogens is 1. The molecule has 1 aromatic heterocycles. The minimum Gasteiger partial charge on any atom is -0.439 e. The number of pyridine rings is 1. The van der Waals surface area contributed by atoms with Gasteiger partial charge in [0.2, 0.25) is 11.8 Å². The van der Waals surface area contributed by atoms with Gasteiger partial charge in [-0.05, 0) is 60.2 Å². The normalized spacial score (nSPS) is 15.5. The number of nitrogens with zero attached hydrogens (tertiary/aromatic N) is 1. The van der Waals surface area contributed by atoms with Crippen molar-refractivity contribution in [1.82, 2.24) is 10.3 Å². The first-order valence-corrected chi connectivity index (χ1v) is 9.43. The molecule has 0 aliphatic heterocycles. The van der Waals surface area contributed by atoms with Gasteiger partial charge in [0, 0.05) is 18.8 Å². The quantitative estimate of drug-likeness (QED) is 0.699. The van der Waals surface area contributed by atoms with Gasteiger partial charge in [-0.25, -0.2) is 9.37 Å². The van der Waals surface area contributed by atoms with Crippen molar-refractivity contribution in [3.05, 3.63) is 89.4 Å². The number of ether oxygens (including phenoxy) is 1. The zero-order chi connectivity index (χ0) is 19.3. The maximum Gasteiger partial charge on any atom is 0.227 e. The van der Waals surface area contributed by atoms with E-state index in [4.69, 9.17) is 4.74 Å². The van der Waals surface area contributed by atoms with Gasteiger partial charge in [0.05, 0.1) is 5.92 Å². The van der Waals surface area contributed by atoms with E-state index in [0.717, 1.165) is 30.4 Å². The van der Waals surface area contributed by atoms with E-state index in [1.54, 1.807) is 24.4 Å². The van der Waals surface area contributed by atoms with Gasteiger partial charge in [0.15, 0.2) is 0 Å². The number of amides is 1. The average Bonchev–Trinajstić information content (AvgIpc) is 2.74. The highest BCUT2D eigenvalue weighted by Crippen LogP contribution is 2.31. The molecule has 1 N–H and O–H groups in total. The zero-order valence-electron chi connectivity index (χ0n) is 15.4. The number of rotatable bonds is 5. The molecule has 4 nitrogen and oxygen atoms in total. The lowest BCUT2D eigenvalue weighted by atomic mass is 9.82. The number of carbonyl (C=O) groups is 1. The van der Waals surface area contributed by atoms with Crippen LogP contribution in [0.15, 0.2) is 66.9 Å². The molecule has 1 amide bonds. The van der Waals surface area contributed by atoms with Crippen LogP contribution in [-0.2, 0) is 17.8 Å². The summed E-state index contributed by atoms with van der Waals surface area (Å²) in [5.74, 6) is 0.596. The largest absolute Gasteiger partial charge is 0.439 e. The van der Waals surface area contributed by atoms with Crippen LogP contribution in [0.3, 0.4) is 0 Å². The lowest BCUT2D eigenvalue weighted by molar-refractivity contribution is -0.123. The Kier molecular flexibility index (Phi) is 5.33. The molecule has 0 saturated heterocycles. The molecule has 28 heavy (non-hydrogen) atoms. The van der Waals surface area contributed by atoms with Crippen LogP contribution < -0.4 is 10.1 Å². The van der Waals surface area contributed by atoms with Crippen LogP contribution in [0.4, 0.5) is 4.39 Å². The Labute approximate surface area is 163 Å². The third-order valence-corrected chi connectivity index (χ3v) is 4.99. The highest BCUT2D eigenvalue weighted by molar-refractivity contribution is 5.84. The Morgan fingerprint density at radius 2 is 1.93 bits per heavy atom. The molecule has 0 radical (unpaired) electrons. The molecule has 1 unspecified atom stereocenters. The maximum atomic E-state index is 12.9. The summed E-state index contributed by atoms with van der Waals surface area (Å²) in [6.45, 7) is 0.418. The van der Waals surface area contributed by atoms with Crippen LogP contribution in [0.1, 0.15) is 35.4 Å². The summed E-state index contributed by atoms with van der Waals surface area (Å²) < 4.78 is 18.5. The number of hydrogen-bond acceptors (Lipinski definition) is 3. The Morgan fingerprint density at radius 3 is 2.71 bits per heavy atom. The summed E-state index contributed by atoms with van der Waals surface area (Å²) in [7, 11) is 0. The molecular formula is C23H21FN2O2. The van der Waals surface area contributed by atoms with E-state index in [1.807, 2.05) is 18.2 Å². The van der Waals surface area contributed by atoms with Gasteiger partial charge in [-0.3, -0.25) is 4.79 Å². The van der Waals surface area contributed by atoms with E-state index < -0.39 is 0 Å². The molecule has 0 spiro atoms. The van der Waals surface area contributed by atoms with Crippen molar-refractivity contribution in [2.75, 3.05) is 0 Å². The SMILES string of the molecule is O=C(NCc1ccc(Oc2ccc(F)cc2)nc1)C1CCCc2ccccc21. The van der Waals surface area contributed by atoms with E-state index in [2.05, 4.69) is 22.4 Å². The predicted molar refractivity (Wildman–Crippen MR) is 105 cm³/mol. The minimum atomic E-state index is -0.313. The summed E-state index contributed by atoms with van der Waals surface area (Å²) in [6.07, 6.45) is 4.63. The number of fused-ring (bicyclic) bond motifs is 1. The van der Waals surface area contributed by atoms with Gasteiger partial charge in [-0.2, -0.15) is 0 Å². The highest BCUT2D eigenvalue weighted by Gasteiger charge is 2.25. The Balaban J connectivity index is 1.35. The van der Waals surface area contributed by atoms with Crippen molar-refractivity contribution in [3.8, 4) is 11.6 Å². The van der Waals surface area contributed by atoms with E-state index in [-0.39, 0.29) is 17.6 Å². The summed E-state index contributed by atoms with van der Waals surface area (Å²) in [5, 5.41) is 3.02. The fourth-order valence-corrected chi connectivity index (χ4v) is 3.54. The third kappa shape index (κ3) is 4.19. The average molecular weight is 376 g/mol. The van der Waals surface area contributed by atoms with Gasteiger partial charge in [-0.1, -0.05) is 30.3 Å². The summed E-state index contributed by atoms with van der Waals surface area (Å²) >= 11 is 0. The Morgan fingerprint density at radius 1 is 1.11 bits per heavy atom. The lowest BCUT2D eigenvalue weighted by Gasteiger charge is -2.24. The molecule has 142 valence electrons. The first kappa shape index (κ1) is 18.2. The maximum absolute atomic E-state index is 12.9. The fourth-order valence-electron chi connectivity index (χ4n) is 3.54. The summed E-state index contributed by atoms with van der Waals surface area (Å²) in [4.78, 5) is 16.9. The first-order chi connectivity index (χ1) is 13.7. The minimum absolute atomic E-state index is 0.0544. The van der Waals surface area contributed by atoms with E-state index >= 15 is 0 Å². The molecule has 0 saturated carbocycles. The number of aryl methyl sites for hydroxylation is 1. The van der Waals surface area contributed by atoms with Crippen LogP contribution in [0.5, 0.6) is 11.6 Å². The molecule has 1 heterocycles. The predicted octanol–water partition coefficient (Wildman–Crippen LogP) is 4.75. The van der Waals surface area contributed by atoms with Gasteiger partial charge in [0.1, 0.15) is 11.6 Å². The van der Waals surface area contributed by atoms with Crippen molar-refractivity contribution < 1.29 is 13.9 Å². The molecule has 1 aliphatic rings. The molecule has 0 bridgehead atoms. The second-order valence-corrected chi connectivity index (χ2v) is 6.92. The molecule has 1 atom stereocenters. The number of halogens is 1. The topological polar surface area (TPSA) is 51.2 Å². The van der Waals surface area contributed by atoms with Gasteiger partial charge < -0.3 is 10.1 Å². The second kappa shape index (κ2) is 8.21. The van der Waals surface area contributed by atoms with E-state index in [9.17, 15) is 9.18 Å². The number of nitrogens with one attached hydrogen (secondary N) is 1. The van der Waals surface area contributed by atoms with Crippen LogP contribution >= 0.6 is 0 Å². The Bertz CT molecular complexity index is 955. The highest BCUT2D eigenvalue weighted by atomic mass is 19.1. The van der Waals surface area contributed by atoms with Gasteiger partial charge >= 0.3 is 0 Å². The van der Waals surface area contributed by atoms with Crippen molar-refractivity contribution in [3.63, 3.8) is 0 Å². The molecule has 5 heteroatoms. The van der Waals surface area contributed by atoms with Gasteiger partial charge in [0.25, 0.3) is 0 Å². The van der Waals surface area contributed by atoms with Crippen molar-refractivity contribution in [2.45, 2.75) is 31.7 Å². The van der Waals surface area contributed by atoms with Crippen LogP contribution in [0.25, 0.3) is 0 Å². The smallest absolute Gasteiger partial charge is 0.227 e. The van der Waals surface area contributed by atoms with E-state index in [1.165, 1.54) is 17.7 Å². The third-order valence-electron chi connectivity index (χ3n) is 4.99. The van der Waals surface area contributed by atoms with Crippen molar-refractivity contribution in [2.24, 2.45) is 0 Å². The molecule has 1 aliphatic carbocycles.